The molecule has 2 aromatic carbocycles. The maximum Gasteiger partial charge on any atom is 0.336 e. The smallest absolute Gasteiger partial charge is 0.336 e. The van der Waals surface area contributed by atoms with E-state index < -0.39 is 0 Å². The lowest BCUT2D eigenvalue weighted by Crippen LogP contribution is -2.15. The number of nitrogens with one attached hydrogen (secondary N) is 1. The van der Waals surface area contributed by atoms with Crippen LogP contribution in [0.3, 0.4) is 0 Å². The molecule has 0 bridgehead atoms. The maximum absolute atomic E-state index is 11.8. The zero-order valence-corrected chi connectivity index (χ0v) is 14.8. The van der Waals surface area contributed by atoms with Gasteiger partial charge in [0.25, 0.3) is 0 Å². The fraction of sp³-hybridized carbons (Fsp3) is 0.250. The van der Waals surface area contributed by atoms with Gasteiger partial charge in [-0.15, -0.1) is 0 Å². The standard InChI is InChI=1S/C20H20ClNO3/c1-2-8-22-12-15-10-20(23)25-19-11-17(6-7-18(15)19)24-13-14-4-3-5-16(21)9-14/h3-7,9-11,22H,2,8,12-13H2,1H3. The molecule has 130 valence electrons. The molecular weight excluding hydrogens is 338 g/mol. The van der Waals surface area contributed by atoms with Gasteiger partial charge in [-0.3, -0.25) is 0 Å². The van der Waals surface area contributed by atoms with E-state index in [1.165, 1.54) is 6.07 Å². The van der Waals surface area contributed by atoms with Gasteiger partial charge in [0.1, 0.15) is 17.9 Å². The lowest BCUT2D eigenvalue weighted by atomic mass is 10.1. The molecule has 0 aliphatic rings. The number of rotatable bonds is 7. The molecule has 3 rings (SSSR count). The molecule has 0 aliphatic carbocycles. The lowest BCUT2D eigenvalue weighted by molar-refractivity contribution is 0.306. The topological polar surface area (TPSA) is 51.5 Å². The molecule has 0 radical (unpaired) electrons. The summed E-state index contributed by atoms with van der Waals surface area (Å²) >= 11 is 5.98. The van der Waals surface area contributed by atoms with E-state index in [0.717, 1.165) is 29.5 Å². The number of ether oxygens (including phenoxy) is 1. The molecule has 0 saturated carbocycles. The maximum atomic E-state index is 11.8. The molecule has 0 saturated heterocycles. The highest BCUT2D eigenvalue weighted by atomic mass is 35.5. The first-order valence-corrected chi connectivity index (χ1v) is 8.68. The Morgan fingerprint density at radius 1 is 1.16 bits per heavy atom. The Bertz CT molecular complexity index is 920. The van der Waals surface area contributed by atoms with E-state index in [-0.39, 0.29) is 5.63 Å². The predicted octanol–water partition coefficient (Wildman–Crippen LogP) is 4.53. The van der Waals surface area contributed by atoms with E-state index in [2.05, 4.69) is 12.2 Å². The van der Waals surface area contributed by atoms with Gasteiger partial charge in [-0.2, -0.15) is 0 Å². The molecule has 0 spiro atoms. The molecule has 1 aromatic heterocycles. The third-order valence-electron chi connectivity index (χ3n) is 3.84. The van der Waals surface area contributed by atoms with Crippen molar-refractivity contribution in [3.63, 3.8) is 0 Å². The molecule has 5 heteroatoms. The third kappa shape index (κ3) is 4.62. The van der Waals surface area contributed by atoms with Gasteiger partial charge in [0.15, 0.2) is 0 Å². The Morgan fingerprint density at radius 2 is 2.04 bits per heavy atom. The van der Waals surface area contributed by atoms with Crippen LogP contribution in [0.25, 0.3) is 11.0 Å². The lowest BCUT2D eigenvalue weighted by Gasteiger charge is -2.10. The van der Waals surface area contributed by atoms with Crippen molar-refractivity contribution < 1.29 is 9.15 Å². The van der Waals surface area contributed by atoms with Crippen molar-refractivity contribution in [1.29, 1.82) is 0 Å². The van der Waals surface area contributed by atoms with Crippen LogP contribution in [-0.2, 0) is 13.2 Å². The first-order chi connectivity index (χ1) is 12.2. The summed E-state index contributed by atoms with van der Waals surface area (Å²) in [6.45, 7) is 4.04. The molecule has 0 atom stereocenters. The number of fused-ring (bicyclic) bond motifs is 1. The van der Waals surface area contributed by atoms with Crippen LogP contribution < -0.4 is 15.7 Å². The van der Waals surface area contributed by atoms with E-state index in [1.54, 1.807) is 6.07 Å². The van der Waals surface area contributed by atoms with Crippen LogP contribution in [0.1, 0.15) is 24.5 Å². The Labute approximate surface area is 151 Å². The highest BCUT2D eigenvalue weighted by molar-refractivity contribution is 6.30. The predicted molar refractivity (Wildman–Crippen MR) is 100 cm³/mol. The zero-order chi connectivity index (χ0) is 17.6. The van der Waals surface area contributed by atoms with Crippen molar-refractivity contribution in [2.45, 2.75) is 26.5 Å². The van der Waals surface area contributed by atoms with Crippen molar-refractivity contribution in [3.05, 3.63) is 75.1 Å². The van der Waals surface area contributed by atoms with Crippen LogP contribution in [0.15, 0.2) is 57.7 Å². The molecule has 0 aliphatic heterocycles. The minimum absolute atomic E-state index is 0.354. The van der Waals surface area contributed by atoms with Crippen LogP contribution in [-0.4, -0.2) is 6.54 Å². The van der Waals surface area contributed by atoms with Crippen molar-refractivity contribution in [1.82, 2.24) is 5.32 Å². The van der Waals surface area contributed by atoms with Gasteiger partial charge in [-0.25, -0.2) is 4.79 Å². The van der Waals surface area contributed by atoms with Crippen LogP contribution in [0.4, 0.5) is 0 Å². The van der Waals surface area contributed by atoms with Crippen LogP contribution in [0.5, 0.6) is 5.75 Å². The normalized spacial score (nSPS) is 11.0. The molecule has 1 N–H and O–H groups in total. The summed E-state index contributed by atoms with van der Waals surface area (Å²) in [6.07, 6.45) is 1.04. The molecule has 0 amide bonds. The molecule has 1 heterocycles. The second kappa shape index (κ2) is 8.19. The number of hydrogen-bond donors (Lipinski definition) is 1. The monoisotopic (exact) mass is 357 g/mol. The Kier molecular flexibility index (Phi) is 5.74. The molecular formula is C20H20ClNO3. The minimum atomic E-state index is -0.354. The van der Waals surface area contributed by atoms with Gasteiger partial charge in [-0.05, 0) is 48.4 Å². The third-order valence-corrected chi connectivity index (χ3v) is 4.07. The summed E-state index contributed by atoms with van der Waals surface area (Å²) in [5.74, 6) is 0.647. The van der Waals surface area contributed by atoms with E-state index in [1.807, 2.05) is 36.4 Å². The second-order valence-electron chi connectivity index (χ2n) is 5.84. The molecule has 0 unspecified atom stereocenters. The fourth-order valence-electron chi connectivity index (χ4n) is 2.64. The van der Waals surface area contributed by atoms with Gasteiger partial charge in [-0.1, -0.05) is 30.7 Å². The summed E-state index contributed by atoms with van der Waals surface area (Å²) in [5.41, 5.74) is 2.09. The van der Waals surface area contributed by atoms with Crippen molar-refractivity contribution in [2.75, 3.05) is 6.54 Å². The summed E-state index contributed by atoms with van der Waals surface area (Å²) in [5, 5.41) is 4.90. The van der Waals surface area contributed by atoms with Gasteiger partial charge < -0.3 is 14.5 Å². The largest absolute Gasteiger partial charge is 0.489 e. The summed E-state index contributed by atoms with van der Waals surface area (Å²) < 4.78 is 11.1. The molecule has 4 nitrogen and oxygen atoms in total. The SMILES string of the molecule is CCCNCc1cc(=O)oc2cc(OCc3cccc(Cl)c3)ccc12. The summed E-state index contributed by atoms with van der Waals surface area (Å²) in [6, 6.07) is 14.6. The van der Waals surface area contributed by atoms with Crippen LogP contribution >= 0.6 is 11.6 Å². The average molecular weight is 358 g/mol. The summed E-state index contributed by atoms with van der Waals surface area (Å²) in [4.78, 5) is 11.8. The molecule has 25 heavy (non-hydrogen) atoms. The number of benzene rings is 2. The van der Waals surface area contributed by atoms with Crippen LogP contribution in [0, 0.1) is 0 Å². The average Bonchev–Trinajstić information content (AvgIpc) is 2.60. The zero-order valence-electron chi connectivity index (χ0n) is 14.0. The first-order valence-electron chi connectivity index (χ1n) is 8.30. The quantitative estimate of drug-likeness (QED) is 0.498. The second-order valence-corrected chi connectivity index (χ2v) is 6.28. The first kappa shape index (κ1) is 17.5. The fourth-order valence-corrected chi connectivity index (χ4v) is 2.85. The van der Waals surface area contributed by atoms with E-state index >= 15 is 0 Å². The highest BCUT2D eigenvalue weighted by Crippen LogP contribution is 2.23. The van der Waals surface area contributed by atoms with E-state index in [4.69, 9.17) is 20.8 Å². The Morgan fingerprint density at radius 3 is 2.84 bits per heavy atom. The minimum Gasteiger partial charge on any atom is -0.489 e. The van der Waals surface area contributed by atoms with Gasteiger partial charge in [0, 0.05) is 29.1 Å². The van der Waals surface area contributed by atoms with Crippen molar-refractivity contribution in [2.24, 2.45) is 0 Å². The van der Waals surface area contributed by atoms with Crippen molar-refractivity contribution in [3.8, 4) is 5.75 Å². The summed E-state index contributed by atoms with van der Waals surface area (Å²) in [7, 11) is 0. The number of hydrogen-bond acceptors (Lipinski definition) is 4. The van der Waals surface area contributed by atoms with Gasteiger partial charge in [0.2, 0.25) is 0 Å². The number of halogens is 1. The molecule has 3 aromatic rings. The van der Waals surface area contributed by atoms with E-state index in [0.29, 0.717) is 29.5 Å². The Hall–Kier alpha value is -2.30. The van der Waals surface area contributed by atoms with Gasteiger partial charge >= 0.3 is 5.63 Å². The molecule has 0 fully saturated rings. The van der Waals surface area contributed by atoms with Crippen LogP contribution in [0.2, 0.25) is 5.02 Å². The van der Waals surface area contributed by atoms with Gasteiger partial charge in [0.05, 0.1) is 0 Å². The highest BCUT2D eigenvalue weighted by Gasteiger charge is 2.07. The van der Waals surface area contributed by atoms with E-state index in [9.17, 15) is 4.79 Å². The van der Waals surface area contributed by atoms with Crippen molar-refractivity contribution >= 4 is 22.6 Å². The Balaban J connectivity index is 1.80.